The average molecular weight is 487 g/mol. The molecule has 1 fully saturated rings. The summed E-state index contributed by atoms with van der Waals surface area (Å²) in [5.74, 6) is 1.75. The van der Waals surface area contributed by atoms with Crippen LogP contribution in [0.5, 0.6) is 0 Å². The molecule has 176 valence electrons. The molecule has 3 unspecified atom stereocenters. The van der Waals surface area contributed by atoms with Crippen molar-refractivity contribution in [1.29, 1.82) is 0 Å². The second-order valence-corrected chi connectivity index (χ2v) is 9.68. The molecule has 2 aliphatic heterocycles. The lowest BCUT2D eigenvalue weighted by molar-refractivity contribution is 0.365. The van der Waals surface area contributed by atoms with E-state index in [1.807, 2.05) is 45.9 Å². The zero-order chi connectivity index (χ0) is 24.0. The van der Waals surface area contributed by atoms with Crippen molar-refractivity contribution in [1.82, 2.24) is 34.2 Å². The molecule has 2 aliphatic rings. The zero-order valence-electron chi connectivity index (χ0n) is 19.7. The zero-order valence-corrected chi connectivity index (χ0v) is 20.5. The van der Waals surface area contributed by atoms with Gasteiger partial charge in [0.25, 0.3) is 0 Å². The third-order valence-electron chi connectivity index (χ3n) is 7.05. The fraction of sp³-hybridized carbons (Fsp3) is 0.280. The fourth-order valence-corrected chi connectivity index (χ4v) is 5.50. The van der Waals surface area contributed by atoms with Crippen LogP contribution in [0.4, 0.5) is 5.69 Å². The first-order chi connectivity index (χ1) is 16.9. The van der Waals surface area contributed by atoms with Crippen molar-refractivity contribution < 1.29 is 4.74 Å². The van der Waals surface area contributed by atoms with Crippen molar-refractivity contribution >= 4 is 22.9 Å². The Morgan fingerprint density at radius 2 is 1.83 bits per heavy atom. The van der Waals surface area contributed by atoms with Crippen LogP contribution in [0.1, 0.15) is 46.0 Å². The summed E-state index contributed by atoms with van der Waals surface area (Å²) in [4.78, 5) is 2.35. The molecule has 1 saturated heterocycles. The largest absolute Gasteiger partial charge is 0.341 e. The average Bonchev–Trinajstić information content (AvgIpc) is 3.17. The summed E-state index contributed by atoms with van der Waals surface area (Å²) in [6, 6.07) is 12.1. The summed E-state index contributed by atoms with van der Waals surface area (Å²) in [5, 5.41) is 18.6. The number of hydrogen-bond acceptors (Lipinski definition) is 6. The molecule has 0 spiro atoms. The molecular weight excluding hydrogens is 464 g/mol. The van der Waals surface area contributed by atoms with Gasteiger partial charge in [-0.15, -0.1) is 10.2 Å². The summed E-state index contributed by atoms with van der Waals surface area (Å²) in [5.41, 5.74) is 7.26. The van der Waals surface area contributed by atoms with Crippen LogP contribution in [0, 0.1) is 20.8 Å². The second kappa shape index (κ2) is 7.16. The highest BCUT2D eigenvalue weighted by Crippen LogP contribution is 2.56. The Labute approximate surface area is 206 Å². The minimum atomic E-state index is -0.125. The van der Waals surface area contributed by atoms with Crippen LogP contribution in [0.25, 0.3) is 11.5 Å². The predicted molar refractivity (Wildman–Crippen MR) is 131 cm³/mol. The lowest BCUT2D eigenvalue weighted by Crippen LogP contribution is -2.37. The van der Waals surface area contributed by atoms with Crippen molar-refractivity contribution in [2.45, 2.75) is 39.1 Å². The van der Waals surface area contributed by atoms with E-state index in [2.05, 4.69) is 58.4 Å². The predicted octanol–water partition coefficient (Wildman–Crippen LogP) is 4.23. The van der Waals surface area contributed by atoms with Crippen molar-refractivity contribution in [3.63, 3.8) is 0 Å². The minimum Gasteiger partial charge on any atom is -0.341 e. The van der Waals surface area contributed by atoms with Crippen LogP contribution in [-0.2, 0) is 11.8 Å². The number of benzene rings is 1. The van der Waals surface area contributed by atoms with E-state index < -0.39 is 0 Å². The Morgan fingerprint density at radius 1 is 1.03 bits per heavy atom. The number of epoxide rings is 1. The molecule has 0 aliphatic carbocycles. The van der Waals surface area contributed by atoms with Crippen LogP contribution in [0.15, 0.2) is 48.8 Å². The smallest absolute Gasteiger partial charge is 0.164 e. The van der Waals surface area contributed by atoms with E-state index in [4.69, 9.17) is 21.4 Å². The molecule has 0 N–H and O–H groups in total. The standard InChI is InChI=1S/C25H23ClN8O/c1-13-11-18(12-32-15(3)28-29-24(13)32)33-21(16-5-7-17(26)8-6-16)20-14(2)30-34(19-9-10-27-31(19)4)22(20)23-25(33)35-23/h5-12,21,23,25H,1-4H3. The van der Waals surface area contributed by atoms with Crippen LogP contribution < -0.4 is 4.90 Å². The van der Waals surface area contributed by atoms with E-state index >= 15 is 0 Å². The summed E-state index contributed by atoms with van der Waals surface area (Å²) >= 11 is 6.27. The molecule has 5 aromatic rings. The Bertz CT molecular complexity index is 1610. The topological polar surface area (TPSA) is 81.6 Å². The van der Waals surface area contributed by atoms with Gasteiger partial charge in [0.05, 0.1) is 29.3 Å². The number of halogens is 1. The van der Waals surface area contributed by atoms with Gasteiger partial charge in [0.1, 0.15) is 11.9 Å². The number of rotatable bonds is 3. The van der Waals surface area contributed by atoms with Gasteiger partial charge in [-0.1, -0.05) is 23.7 Å². The highest BCUT2D eigenvalue weighted by Gasteiger charge is 2.57. The van der Waals surface area contributed by atoms with E-state index in [0.717, 1.165) is 51.1 Å². The van der Waals surface area contributed by atoms with Crippen molar-refractivity contribution in [2.75, 3.05) is 4.90 Å². The van der Waals surface area contributed by atoms with Crippen LogP contribution in [0.3, 0.4) is 0 Å². The number of ether oxygens (including phenoxy) is 1. The molecule has 0 radical (unpaired) electrons. The third kappa shape index (κ3) is 2.91. The Balaban J connectivity index is 1.48. The van der Waals surface area contributed by atoms with Crippen molar-refractivity contribution in [2.24, 2.45) is 7.05 Å². The van der Waals surface area contributed by atoms with Gasteiger partial charge in [-0.3, -0.25) is 9.08 Å². The van der Waals surface area contributed by atoms with Crippen molar-refractivity contribution in [3.05, 3.63) is 87.7 Å². The van der Waals surface area contributed by atoms with Gasteiger partial charge in [0, 0.05) is 29.9 Å². The van der Waals surface area contributed by atoms with Gasteiger partial charge in [-0.05, 0) is 50.1 Å². The molecular formula is C25H23ClN8O. The van der Waals surface area contributed by atoms with Gasteiger partial charge in [-0.25, -0.2) is 4.68 Å². The Morgan fingerprint density at radius 3 is 2.57 bits per heavy atom. The molecule has 7 rings (SSSR count). The second-order valence-electron chi connectivity index (χ2n) is 9.24. The number of nitrogens with zero attached hydrogens (tertiary/aromatic N) is 8. The van der Waals surface area contributed by atoms with E-state index in [9.17, 15) is 0 Å². The SMILES string of the molecule is Cc1nn(-c2ccnn2C)c2c1C(c1ccc(Cl)cc1)N(c1cc(C)c3nnc(C)n3c1)C1OC21. The Hall–Kier alpha value is -3.69. The van der Waals surface area contributed by atoms with Gasteiger partial charge in [0.2, 0.25) is 0 Å². The molecule has 0 bridgehead atoms. The molecule has 0 amide bonds. The number of anilines is 1. The normalized spacial score (nSPS) is 20.8. The molecule has 6 heterocycles. The van der Waals surface area contributed by atoms with E-state index in [-0.39, 0.29) is 18.4 Å². The molecule has 4 aromatic heterocycles. The summed E-state index contributed by atoms with van der Waals surface area (Å²) in [6.45, 7) is 6.09. The maximum atomic E-state index is 6.37. The first kappa shape index (κ1) is 20.7. The van der Waals surface area contributed by atoms with E-state index in [1.165, 1.54) is 0 Å². The first-order valence-electron chi connectivity index (χ1n) is 11.5. The third-order valence-corrected chi connectivity index (χ3v) is 7.30. The number of hydrogen-bond donors (Lipinski definition) is 0. The molecule has 35 heavy (non-hydrogen) atoms. The quantitative estimate of drug-likeness (QED) is 0.355. The summed E-state index contributed by atoms with van der Waals surface area (Å²) in [7, 11) is 1.93. The van der Waals surface area contributed by atoms with Crippen molar-refractivity contribution in [3.8, 4) is 5.82 Å². The first-order valence-corrected chi connectivity index (χ1v) is 11.9. The number of fused-ring (bicyclic) bond motifs is 4. The monoisotopic (exact) mass is 486 g/mol. The summed E-state index contributed by atoms with van der Waals surface area (Å²) < 4.78 is 12.2. The number of pyridine rings is 1. The summed E-state index contributed by atoms with van der Waals surface area (Å²) in [6.07, 6.45) is 3.67. The molecule has 1 aromatic carbocycles. The van der Waals surface area contributed by atoms with E-state index in [0.29, 0.717) is 5.02 Å². The van der Waals surface area contributed by atoms with Gasteiger partial charge >= 0.3 is 0 Å². The number of aryl methyl sites for hydroxylation is 4. The lowest BCUT2D eigenvalue weighted by Gasteiger charge is -2.36. The number of aromatic nitrogens is 7. The highest BCUT2D eigenvalue weighted by atomic mass is 35.5. The van der Waals surface area contributed by atoms with Crippen LogP contribution >= 0.6 is 11.6 Å². The lowest BCUT2D eigenvalue weighted by atomic mass is 9.90. The Kier molecular flexibility index (Phi) is 4.23. The van der Waals surface area contributed by atoms with Gasteiger partial charge < -0.3 is 9.64 Å². The molecule has 10 heteroatoms. The molecule has 3 atom stereocenters. The molecule has 0 saturated carbocycles. The maximum absolute atomic E-state index is 6.37. The fourth-order valence-electron chi connectivity index (χ4n) is 5.38. The van der Waals surface area contributed by atoms with Gasteiger partial charge in [0.15, 0.2) is 17.7 Å². The minimum absolute atomic E-state index is 0.0948. The van der Waals surface area contributed by atoms with Gasteiger partial charge in [-0.2, -0.15) is 10.2 Å². The maximum Gasteiger partial charge on any atom is 0.164 e. The molecule has 9 nitrogen and oxygen atoms in total. The van der Waals surface area contributed by atoms with Crippen LogP contribution in [-0.4, -0.2) is 40.4 Å². The van der Waals surface area contributed by atoms with Crippen LogP contribution in [0.2, 0.25) is 5.02 Å². The van der Waals surface area contributed by atoms with E-state index in [1.54, 1.807) is 6.20 Å². The highest BCUT2D eigenvalue weighted by molar-refractivity contribution is 6.30.